The van der Waals surface area contributed by atoms with Crippen LogP contribution >= 0.6 is 0 Å². The molecule has 2 amide bonds. The average molecular weight is 565 g/mol. The Balaban J connectivity index is 1.45. The highest BCUT2D eigenvalue weighted by molar-refractivity contribution is 6.01. The van der Waals surface area contributed by atoms with Crippen LogP contribution in [0.15, 0.2) is 103 Å². The van der Waals surface area contributed by atoms with Crippen LogP contribution in [0, 0.1) is 12.7 Å². The average Bonchev–Trinajstić information content (AvgIpc) is 3.48. The molecule has 9 nitrogen and oxygen atoms in total. The number of halogens is 1. The van der Waals surface area contributed by atoms with Crippen molar-refractivity contribution >= 4 is 17.5 Å². The Morgan fingerprint density at radius 1 is 0.929 bits per heavy atom. The van der Waals surface area contributed by atoms with Crippen molar-refractivity contribution in [2.45, 2.75) is 26.1 Å². The minimum Gasteiger partial charge on any atom is -0.497 e. The van der Waals surface area contributed by atoms with Gasteiger partial charge in [-0.25, -0.2) is 4.39 Å². The van der Waals surface area contributed by atoms with Gasteiger partial charge in [-0.15, -0.1) is 10.2 Å². The third kappa shape index (κ3) is 6.67. The number of nitrogens with zero attached hydrogens (tertiary/aromatic N) is 5. The molecule has 0 saturated carbocycles. The maximum Gasteiger partial charge on any atom is 0.251 e. The lowest BCUT2D eigenvalue weighted by molar-refractivity contribution is -0.127. The Labute approximate surface area is 242 Å². The molecule has 0 bridgehead atoms. The molecule has 5 rings (SSSR count). The van der Waals surface area contributed by atoms with Crippen molar-refractivity contribution in [1.29, 1.82) is 0 Å². The molecule has 1 atom stereocenters. The van der Waals surface area contributed by atoms with Gasteiger partial charge in [-0.1, -0.05) is 72.3 Å². The molecule has 0 aliphatic carbocycles. The first kappa shape index (κ1) is 28.2. The SMILES string of the molecule is COc1ccc(CNC(=O)[C@H](c2ccc(F)cc2)N(C(=O)Cn2nnc(-c3ccc(C)cc3)n2)c2ccccc2)cc1. The maximum absolute atomic E-state index is 14.0. The van der Waals surface area contributed by atoms with Crippen molar-refractivity contribution in [2.75, 3.05) is 12.0 Å². The van der Waals surface area contributed by atoms with E-state index in [-0.39, 0.29) is 13.1 Å². The predicted octanol–water partition coefficient (Wildman–Crippen LogP) is 4.89. The number of anilines is 1. The Morgan fingerprint density at radius 3 is 2.29 bits per heavy atom. The van der Waals surface area contributed by atoms with Crippen molar-refractivity contribution in [3.63, 3.8) is 0 Å². The van der Waals surface area contributed by atoms with Crippen LogP contribution in [0.4, 0.5) is 10.1 Å². The molecule has 1 aromatic heterocycles. The normalized spacial score (nSPS) is 11.5. The van der Waals surface area contributed by atoms with Crippen molar-refractivity contribution in [3.05, 3.63) is 126 Å². The van der Waals surface area contributed by atoms with Crippen LogP contribution in [0.5, 0.6) is 5.75 Å². The first-order valence-corrected chi connectivity index (χ1v) is 13.3. The molecule has 212 valence electrons. The molecule has 1 N–H and O–H groups in total. The van der Waals surface area contributed by atoms with Gasteiger partial charge in [0.05, 0.1) is 7.11 Å². The van der Waals surface area contributed by atoms with Crippen LogP contribution in [0.25, 0.3) is 11.4 Å². The van der Waals surface area contributed by atoms with Gasteiger partial charge >= 0.3 is 0 Å². The van der Waals surface area contributed by atoms with E-state index in [2.05, 4.69) is 20.7 Å². The van der Waals surface area contributed by atoms with Gasteiger partial charge in [0.2, 0.25) is 11.7 Å². The van der Waals surface area contributed by atoms with Crippen LogP contribution in [0.1, 0.15) is 22.7 Å². The maximum atomic E-state index is 14.0. The molecule has 0 saturated heterocycles. The second-order valence-electron chi connectivity index (χ2n) is 9.63. The number of hydrogen-bond donors (Lipinski definition) is 1. The summed E-state index contributed by atoms with van der Waals surface area (Å²) >= 11 is 0. The van der Waals surface area contributed by atoms with Crippen LogP contribution in [0.3, 0.4) is 0 Å². The lowest BCUT2D eigenvalue weighted by Gasteiger charge is -2.31. The zero-order valence-electron chi connectivity index (χ0n) is 23.1. The smallest absolute Gasteiger partial charge is 0.251 e. The fourth-order valence-electron chi connectivity index (χ4n) is 4.44. The molecule has 0 spiro atoms. The summed E-state index contributed by atoms with van der Waals surface area (Å²) in [5.41, 5.74) is 3.62. The Bertz CT molecular complexity index is 1640. The van der Waals surface area contributed by atoms with Crippen molar-refractivity contribution < 1.29 is 18.7 Å². The van der Waals surface area contributed by atoms with Crippen LogP contribution in [-0.2, 0) is 22.7 Å². The quantitative estimate of drug-likeness (QED) is 0.259. The van der Waals surface area contributed by atoms with E-state index in [1.807, 2.05) is 49.4 Å². The number of carbonyl (C=O) groups is 2. The molecular formula is C32H29FN6O3. The summed E-state index contributed by atoms with van der Waals surface area (Å²) < 4.78 is 19.1. The summed E-state index contributed by atoms with van der Waals surface area (Å²) in [6.45, 7) is 1.91. The summed E-state index contributed by atoms with van der Waals surface area (Å²) in [5, 5.41) is 15.5. The second kappa shape index (κ2) is 12.9. The highest BCUT2D eigenvalue weighted by Crippen LogP contribution is 2.29. The Hall–Kier alpha value is -5.38. The van der Waals surface area contributed by atoms with Gasteiger partial charge in [0.15, 0.2) is 0 Å². The zero-order valence-corrected chi connectivity index (χ0v) is 23.1. The van der Waals surface area contributed by atoms with E-state index < -0.39 is 23.7 Å². The topological polar surface area (TPSA) is 102 Å². The van der Waals surface area contributed by atoms with E-state index in [1.54, 1.807) is 43.5 Å². The van der Waals surface area contributed by atoms with E-state index in [4.69, 9.17) is 4.74 Å². The molecule has 0 radical (unpaired) electrons. The number of methoxy groups -OCH3 is 1. The molecule has 0 fully saturated rings. The molecule has 10 heteroatoms. The van der Waals surface area contributed by atoms with Crippen molar-refractivity contribution in [3.8, 4) is 17.1 Å². The fraction of sp³-hybridized carbons (Fsp3) is 0.156. The summed E-state index contributed by atoms with van der Waals surface area (Å²) in [6.07, 6.45) is 0. The van der Waals surface area contributed by atoms with Gasteiger partial charge in [0, 0.05) is 17.8 Å². The molecule has 1 heterocycles. The van der Waals surface area contributed by atoms with Gasteiger partial charge < -0.3 is 10.1 Å². The first-order chi connectivity index (χ1) is 20.4. The number of carbonyl (C=O) groups excluding carboxylic acids is 2. The van der Waals surface area contributed by atoms with Crippen molar-refractivity contribution in [2.24, 2.45) is 0 Å². The van der Waals surface area contributed by atoms with Gasteiger partial charge in [-0.3, -0.25) is 14.5 Å². The second-order valence-corrected chi connectivity index (χ2v) is 9.63. The monoisotopic (exact) mass is 564 g/mol. The third-order valence-corrected chi connectivity index (χ3v) is 6.66. The van der Waals surface area contributed by atoms with Gasteiger partial charge in [0.1, 0.15) is 24.2 Å². The summed E-state index contributed by atoms with van der Waals surface area (Å²) in [6, 6.07) is 28.2. The van der Waals surface area contributed by atoms with Crippen molar-refractivity contribution in [1.82, 2.24) is 25.5 Å². The highest BCUT2D eigenvalue weighted by atomic mass is 19.1. The highest BCUT2D eigenvalue weighted by Gasteiger charge is 2.33. The molecule has 42 heavy (non-hydrogen) atoms. The fourth-order valence-corrected chi connectivity index (χ4v) is 4.44. The predicted molar refractivity (Wildman–Crippen MR) is 156 cm³/mol. The Morgan fingerprint density at radius 2 is 1.62 bits per heavy atom. The third-order valence-electron chi connectivity index (χ3n) is 6.66. The Kier molecular flexibility index (Phi) is 8.62. The summed E-state index contributed by atoms with van der Waals surface area (Å²) in [4.78, 5) is 30.4. The number of nitrogens with one attached hydrogen (secondary N) is 1. The van der Waals surface area contributed by atoms with E-state index in [1.165, 1.54) is 34.0 Å². The molecule has 4 aromatic carbocycles. The number of amides is 2. The minimum atomic E-state index is -1.11. The standard InChI is InChI=1S/C32H29FN6O3/c1-22-8-12-25(13-9-22)31-35-37-38(36-31)21-29(40)39(27-6-4-3-5-7-27)30(24-14-16-26(33)17-15-24)32(41)34-20-23-10-18-28(42-2)19-11-23/h3-19,30H,20-21H2,1-2H3,(H,34,41)/t30-/m0/s1. The molecule has 0 aliphatic heterocycles. The summed E-state index contributed by atoms with van der Waals surface area (Å²) in [7, 11) is 1.58. The molecule has 5 aromatic rings. The lowest BCUT2D eigenvalue weighted by Crippen LogP contribution is -2.45. The number of aromatic nitrogens is 4. The molecule has 0 unspecified atom stereocenters. The number of rotatable bonds is 10. The van der Waals surface area contributed by atoms with E-state index in [0.717, 1.165) is 16.7 Å². The molecule has 0 aliphatic rings. The molecular weight excluding hydrogens is 535 g/mol. The lowest BCUT2D eigenvalue weighted by atomic mass is 10.0. The zero-order chi connectivity index (χ0) is 29.5. The van der Waals surface area contributed by atoms with Crippen LogP contribution < -0.4 is 15.0 Å². The summed E-state index contributed by atoms with van der Waals surface area (Å²) in [5.74, 6) is -0.280. The van der Waals surface area contributed by atoms with Crippen LogP contribution in [-0.4, -0.2) is 39.1 Å². The number of para-hydroxylation sites is 1. The number of ether oxygens (including phenoxy) is 1. The first-order valence-electron chi connectivity index (χ1n) is 13.3. The van der Waals surface area contributed by atoms with Gasteiger partial charge in [0.25, 0.3) is 5.91 Å². The van der Waals surface area contributed by atoms with Gasteiger partial charge in [-0.2, -0.15) is 4.80 Å². The number of benzene rings is 4. The van der Waals surface area contributed by atoms with Crippen LogP contribution in [0.2, 0.25) is 0 Å². The van der Waals surface area contributed by atoms with E-state index >= 15 is 0 Å². The van der Waals surface area contributed by atoms with E-state index in [0.29, 0.717) is 22.8 Å². The largest absolute Gasteiger partial charge is 0.497 e. The minimum absolute atomic E-state index is 0.210. The number of hydrogen-bond acceptors (Lipinski definition) is 6. The van der Waals surface area contributed by atoms with Gasteiger partial charge in [-0.05, 0) is 59.7 Å². The number of aryl methyl sites for hydroxylation is 1. The van der Waals surface area contributed by atoms with E-state index in [9.17, 15) is 14.0 Å². The number of tetrazole rings is 1.